The minimum absolute atomic E-state index is 0.101. The van der Waals surface area contributed by atoms with Crippen molar-refractivity contribution in [3.05, 3.63) is 93.5 Å². The fraction of sp³-hybridized carbons (Fsp3) is 0.130. The molecule has 3 aromatic carbocycles. The molecule has 0 aromatic heterocycles. The fourth-order valence-corrected chi connectivity index (χ4v) is 3.82. The molecule has 0 fully saturated rings. The maximum absolute atomic E-state index is 12.6. The van der Waals surface area contributed by atoms with Gasteiger partial charge in [-0.25, -0.2) is 0 Å². The van der Waals surface area contributed by atoms with E-state index in [1.54, 1.807) is 23.1 Å². The van der Waals surface area contributed by atoms with E-state index in [-0.39, 0.29) is 11.8 Å². The Hall–Kier alpha value is -2.82. The highest BCUT2D eigenvalue weighted by molar-refractivity contribution is 6.36. The Labute approximate surface area is 179 Å². The summed E-state index contributed by atoms with van der Waals surface area (Å²) < 4.78 is 0. The molecule has 0 saturated heterocycles. The smallest absolute Gasteiger partial charge is 0.257 e. The summed E-state index contributed by atoms with van der Waals surface area (Å²) in [4.78, 5) is 26.9. The van der Waals surface area contributed by atoms with Crippen molar-refractivity contribution in [1.29, 1.82) is 0 Å². The summed E-state index contributed by atoms with van der Waals surface area (Å²) >= 11 is 12.1. The van der Waals surface area contributed by atoms with Crippen LogP contribution in [0.5, 0.6) is 0 Å². The molecule has 2 amide bonds. The maximum Gasteiger partial charge on any atom is 0.257 e. The summed E-state index contributed by atoms with van der Waals surface area (Å²) in [6.07, 6.45) is 1.08. The third-order valence-corrected chi connectivity index (χ3v) is 5.46. The standard InChI is InChI=1S/C23H18Cl2N2O2/c24-17-7-9-20(25)19(13-17)23(29)26-18-8-10-21-16(12-18)6-11-22(28)27(21)14-15-4-2-1-3-5-15/h1-5,7-10,12-13H,6,11,14H2,(H,26,29). The number of hydrogen-bond acceptors (Lipinski definition) is 2. The van der Waals surface area contributed by atoms with Crippen LogP contribution in [0.25, 0.3) is 0 Å². The lowest BCUT2D eigenvalue weighted by Crippen LogP contribution is -2.34. The normalized spacial score (nSPS) is 13.2. The number of nitrogens with zero attached hydrogens (tertiary/aromatic N) is 1. The number of nitrogens with one attached hydrogen (secondary N) is 1. The van der Waals surface area contributed by atoms with Gasteiger partial charge in [-0.2, -0.15) is 0 Å². The zero-order chi connectivity index (χ0) is 20.4. The third-order valence-electron chi connectivity index (χ3n) is 4.89. The van der Waals surface area contributed by atoms with E-state index in [4.69, 9.17) is 23.2 Å². The summed E-state index contributed by atoms with van der Waals surface area (Å²) in [7, 11) is 0. The van der Waals surface area contributed by atoms with E-state index in [0.29, 0.717) is 40.7 Å². The maximum atomic E-state index is 12.6. The molecule has 0 spiro atoms. The highest BCUT2D eigenvalue weighted by Crippen LogP contribution is 2.32. The van der Waals surface area contributed by atoms with Crippen LogP contribution in [0.4, 0.5) is 11.4 Å². The average Bonchev–Trinajstić information content (AvgIpc) is 2.72. The second kappa shape index (κ2) is 8.27. The van der Waals surface area contributed by atoms with Crippen LogP contribution in [-0.2, 0) is 17.8 Å². The minimum atomic E-state index is -0.328. The van der Waals surface area contributed by atoms with Gasteiger partial charge in [0.1, 0.15) is 0 Å². The van der Waals surface area contributed by atoms with Gasteiger partial charge in [-0.1, -0.05) is 53.5 Å². The molecule has 29 heavy (non-hydrogen) atoms. The fourth-order valence-electron chi connectivity index (χ4n) is 3.45. The van der Waals surface area contributed by atoms with Crippen LogP contribution >= 0.6 is 23.2 Å². The van der Waals surface area contributed by atoms with Crippen LogP contribution in [0, 0.1) is 0 Å². The molecular weight excluding hydrogens is 407 g/mol. The lowest BCUT2D eigenvalue weighted by molar-refractivity contribution is -0.119. The van der Waals surface area contributed by atoms with Crippen LogP contribution in [0.15, 0.2) is 66.7 Å². The number of fused-ring (bicyclic) bond motifs is 1. The zero-order valence-electron chi connectivity index (χ0n) is 15.5. The molecule has 3 aromatic rings. The summed E-state index contributed by atoms with van der Waals surface area (Å²) in [5.74, 6) is -0.227. The number of hydrogen-bond donors (Lipinski definition) is 1. The van der Waals surface area contributed by atoms with Gasteiger partial charge < -0.3 is 10.2 Å². The Bertz CT molecular complexity index is 1080. The Morgan fingerprint density at radius 2 is 1.76 bits per heavy atom. The Kier molecular flexibility index (Phi) is 5.56. The van der Waals surface area contributed by atoms with Crippen molar-refractivity contribution in [1.82, 2.24) is 0 Å². The quantitative estimate of drug-likeness (QED) is 0.581. The second-order valence-corrected chi connectivity index (χ2v) is 7.73. The first-order valence-corrected chi connectivity index (χ1v) is 10.0. The van der Waals surface area contributed by atoms with Gasteiger partial charge in [0.05, 0.1) is 17.1 Å². The van der Waals surface area contributed by atoms with Crippen LogP contribution in [0.1, 0.15) is 27.9 Å². The molecular formula is C23H18Cl2N2O2. The predicted octanol–water partition coefficient (Wildman–Crippen LogP) is 5.73. The number of anilines is 2. The number of rotatable bonds is 4. The van der Waals surface area contributed by atoms with Crippen molar-refractivity contribution >= 4 is 46.4 Å². The van der Waals surface area contributed by atoms with Crippen molar-refractivity contribution in [2.24, 2.45) is 0 Å². The summed E-state index contributed by atoms with van der Waals surface area (Å²) in [6.45, 7) is 0.524. The van der Waals surface area contributed by atoms with E-state index >= 15 is 0 Å². The first-order valence-electron chi connectivity index (χ1n) is 9.25. The molecule has 4 rings (SSSR count). The van der Waals surface area contributed by atoms with Crippen molar-refractivity contribution in [3.8, 4) is 0 Å². The molecule has 146 valence electrons. The van der Waals surface area contributed by atoms with Crippen LogP contribution in [0.2, 0.25) is 10.0 Å². The first-order chi connectivity index (χ1) is 14.0. The predicted molar refractivity (Wildman–Crippen MR) is 117 cm³/mol. The molecule has 0 aliphatic carbocycles. The SMILES string of the molecule is O=C(Nc1ccc2c(c1)CCC(=O)N2Cc1ccccc1)c1cc(Cl)ccc1Cl. The van der Waals surface area contributed by atoms with E-state index < -0.39 is 0 Å². The monoisotopic (exact) mass is 424 g/mol. The topological polar surface area (TPSA) is 49.4 Å². The minimum Gasteiger partial charge on any atom is -0.322 e. The van der Waals surface area contributed by atoms with Crippen LogP contribution in [-0.4, -0.2) is 11.8 Å². The molecule has 1 N–H and O–H groups in total. The van der Waals surface area contributed by atoms with Gasteiger partial charge in [0.25, 0.3) is 5.91 Å². The number of carbonyl (C=O) groups is 2. The Morgan fingerprint density at radius 1 is 0.966 bits per heavy atom. The molecule has 0 bridgehead atoms. The molecule has 1 aliphatic rings. The van der Waals surface area contributed by atoms with Gasteiger partial charge in [0.15, 0.2) is 0 Å². The van der Waals surface area contributed by atoms with Crippen molar-refractivity contribution in [3.63, 3.8) is 0 Å². The molecule has 0 unspecified atom stereocenters. The molecule has 0 atom stereocenters. The van der Waals surface area contributed by atoms with Gasteiger partial charge in [0, 0.05) is 22.8 Å². The highest BCUT2D eigenvalue weighted by Gasteiger charge is 2.24. The second-order valence-electron chi connectivity index (χ2n) is 6.89. The number of amides is 2. The molecule has 0 radical (unpaired) electrons. The summed E-state index contributed by atoms with van der Waals surface area (Å²) in [6, 6.07) is 20.3. The molecule has 4 nitrogen and oxygen atoms in total. The third kappa shape index (κ3) is 4.29. The lowest BCUT2D eigenvalue weighted by atomic mass is 9.99. The van der Waals surface area contributed by atoms with E-state index in [9.17, 15) is 9.59 Å². The lowest BCUT2D eigenvalue weighted by Gasteiger charge is -2.30. The van der Waals surface area contributed by atoms with E-state index in [2.05, 4.69) is 5.32 Å². The van der Waals surface area contributed by atoms with E-state index in [1.165, 1.54) is 6.07 Å². The van der Waals surface area contributed by atoms with Crippen LogP contribution in [0.3, 0.4) is 0 Å². The number of carbonyl (C=O) groups excluding carboxylic acids is 2. The van der Waals surface area contributed by atoms with Gasteiger partial charge in [-0.3, -0.25) is 9.59 Å². The average molecular weight is 425 g/mol. The largest absolute Gasteiger partial charge is 0.322 e. The van der Waals surface area contributed by atoms with Gasteiger partial charge in [-0.05, 0) is 53.9 Å². The van der Waals surface area contributed by atoms with Crippen molar-refractivity contribution in [2.75, 3.05) is 10.2 Å². The Morgan fingerprint density at radius 3 is 2.55 bits per heavy atom. The molecule has 0 saturated carbocycles. The van der Waals surface area contributed by atoms with Gasteiger partial charge in [-0.15, -0.1) is 0 Å². The van der Waals surface area contributed by atoms with E-state index in [1.807, 2.05) is 42.5 Å². The van der Waals surface area contributed by atoms with Gasteiger partial charge in [0.2, 0.25) is 5.91 Å². The highest BCUT2D eigenvalue weighted by atomic mass is 35.5. The van der Waals surface area contributed by atoms with Crippen molar-refractivity contribution < 1.29 is 9.59 Å². The number of halogens is 2. The van der Waals surface area contributed by atoms with E-state index in [0.717, 1.165) is 16.8 Å². The first kappa shape index (κ1) is 19.5. The van der Waals surface area contributed by atoms with Crippen molar-refractivity contribution in [2.45, 2.75) is 19.4 Å². The number of aryl methyl sites for hydroxylation is 1. The molecule has 6 heteroatoms. The summed E-state index contributed by atoms with van der Waals surface area (Å²) in [5, 5.41) is 3.65. The Balaban J connectivity index is 1.57. The van der Waals surface area contributed by atoms with Gasteiger partial charge >= 0.3 is 0 Å². The zero-order valence-corrected chi connectivity index (χ0v) is 17.0. The summed E-state index contributed by atoms with van der Waals surface area (Å²) in [5.41, 5.74) is 3.94. The molecule has 1 aliphatic heterocycles. The number of benzene rings is 3. The molecule has 1 heterocycles. The van der Waals surface area contributed by atoms with Crippen LogP contribution < -0.4 is 10.2 Å².